The summed E-state index contributed by atoms with van der Waals surface area (Å²) in [5.41, 5.74) is 6.34. The number of hydrogen-bond acceptors (Lipinski definition) is 5. The molecule has 6 nitrogen and oxygen atoms in total. The fraction of sp³-hybridized carbons (Fsp3) is 0.250. The van der Waals surface area contributed by atoms with Gasteiger partial charge in [0.1, 0.15) is 0 Å². The van der Waals surface area contributed by atoms with Gasteiger partial charge in [-0.15, -0.1) is 0 Å². The summed E-state index contributed by atoms with van der Waals surface area (Å²) in [5, 5.41) is 2.21. The Morgan fingerprint density at radius 3 is 2.44 bits per heavy atom. The first-order chi connectivity index (χ1) is 8.61. The second kappa shape index (κ2) is 4.97. The van der Waals surface area contributed by atoms with Crippen molar-refractivity contribution in [3.05, 3.63) is 29.8 Å². The zero-order valence-electron chi connectivity index (χ0n) is 9.68. The van der Waals surface area contributed by atoms with Crippen LogP contribution in [0.5, 0.6) is 0 Å². The van der Waals surface area contributed by atoms with E-state index in [-0.39, 0.29) is 37.2 Å². The number of Topliss-reactive ketones (excluding diaryl/α,β-unsaturated/α-hetero) is 1. The molecule has 1 aromatic carbocycles. The summed E-state index contributed by atoms with van der Waals surface area (Å²) in [7, 11) is 0. The van der Waals surface area contributed by atoms with Gasteiger partial charge in [0.2, 0.25) is 11.8 Å². The van der Waals surface area contributed by atoms with Crippen LogP contribution >= 0.6 is 0 Å². The molecule has 18 heavy (non-hydrogen) atoms. The van der Waals surface area contributed by atoms with Crippen molar-refractivity contribution < 1.29 is 14.4 Å². The highest BCUT2D eigenvalue weighted by Crippen LogP contribution is 2.21. The number of imide groups is 1. The lowest BCUT2D eigenvalue weighted by molar-refractivity contribution is -0.130. The van der Waals surface area contributed by atoms with E-state index in [1.165, 1.54) is 0 Å². The minimum absolute atomic E-state index is 0.0562. The molecular weight excluding hydrogens is 234 g/mol. The van der Waals surface area contributed by atoms with E-state index in [2.05, 4.69) is 5.32 Å². The number of piperazine rings is 1. The molecule has 1 heterocycles. The van der Waals surface area contributed by atoms with Crippen molar-refractivity contribution in [3.63, 3.8) is 0 Å². The van der Waals surface area contributed by atoms with E-state index in [4.69, 9.17) is 5.73 Å². The Hall–Kier alpha value is -2.21. The van der Waals surface area contributed by atoms with E-state index >= 15 is 0 Å². The Balaban J connectivity index is 2.35. The highest BCUT2D eigenvalue weighted by molar-refractivity contribution is 6.06. The summed E-state index contributed by atoms with van der Waals surface area (Å²) in [6.45, 7) is 0.00616. The molecule has 3 N–H and O–H groups in total. The van der Waals surface area contributed by atoms with E-state index in [0.717, 1.165) is 0 Å². The standard InChI is InChI=1S/C12H13N3O3/c13-5-10(16)8-3-1-2-4-9(8)15-6-11(17)14-12(18)7-15/h1-4H,5-7,13H2,(H,14,17,18). The molecule has 0 radical (unpaired) electrons. The third kappa shape index (κ3) is 2.38. The third-order valence-corrected chi connectivity index (χ3v) is 2.68. The van der Waals surface area contributed by atoms with Gasteiger partial charge in [0.05, 0.1) is 19.6 Å². The minimum Gasteiger partial charge on any atom is -0.352 e. The van der Waals surface area contributed by atoms with Crippen LogP contribution in [0.2, 0.25) is 0 Å². The number of amides is 2. The lowest BCUT2D eigenvalue weighted by Gasteiger charge is -2.28. The van der Waals surface area contributed by atoms with Crippen LogP contribution in [0.15, 0.2) is 24.3 Å². The molecule has 6 heteroatoms. The van der Waals surface area contributed by atoms with Crippen LogP contribution in [0, 0.1) is 0 Å². The maximum atomic E-state index is 11.7. The van der Waals surface area contributed by atoms with Crippen molar-refractivity contribution in [2.24, 2.45) is 5.73 Å². The number of carbonyl (C=O) groups excluding carboxylic acids is 3. The van der Waals surface area contributed by atoms with Crippen LogP contribution in [0.4, 0.5) is 5.69 Å². The molecule has 1 aliphatic rings. The number of nitrogens with two attached hydrogens (primary N) is 1. The molecule has 2 amide bonds. The largest absolute Gasteiger partial charge is 0.352 e. The normalized spacial score (nSPS) is 15.5. The monoisotopic (exact) mass is 247 g/mol. The van der Waals surface area contributed by atoms with Gasteiger partial charge in [0, 0.05) is 11.3 Å². The van der Waals surface area contributed by atoms with Crippen molar-refractivity contribution in [1.29, 1.82) is 0 Å². The van der Waals surface area contributed by atoms with Gasteiger partial charge in [0.15, 0.2) is 5.78 Å². The molecule has 1 aliphatic heterocycles. The molecule has 0 atom stereocenters. The number of benzene rings is 1. The summed E-state index contributed by atoms with van der Waals surface area (Å²) in [6, 6.07) is 6.81. The summed E-state index contributed by atoms with van der Waals surface area (Å²) in [4.78, 5) is 35.9. The van der Waals surface area contributed by atoms with E-state index < -0.39 is 0 Å². The number of ketones is 1. The van der Waals surface area contributed by atoms with Gasteiger partial charge in [0.25, 0.3) is 0 Å². The number of anilines is 1. The molecule has 0 spiro atoms. The molecule has 1 saturated heterocycles. The van der Waals surface area contributed by atoms with Gasteiger partial charge >= 0.3 is 0 Å². The number of nitrogens with zero attached hydrogens (tertiary/aromatic N) is 1. The predicted octanol–water partition coefficient (Wildman–Crippen LogP) is -0.709. The van der Waals surface area contributed by atoms with Crippen molar-refractivity contribution in [2.45, 2.75) is 0 Å². The molecule has 1 aromatic rings. The molecule has 0 unspecified atom stereocenters. The molecule has 0 aliphatic carbocycles. The maximum Gasteiger partial charge on any atom is 0.246 e. The first-order valence-electron chi connectivity index (χ1n) is 5.51. The lowest BCUT2D eigenvalue weighted by atomic mass is 10.1. The van der Waals surface area contributed by atoms with Crippen molar-refractivity contribution >= 4 is 23.3 Å². The van der Waals surface area contributed by atoms with Gasteiger partial charge in [-0.2, -0.15) is 0 Å². The second-order valence-corrected chi connectivity index (χ2v) is 3.97. The highest BCUT2D eigenvalue weighted by Gasteiger charge is 2.25. The first-order valence-corrected chi connectivity index (χ1v) is 5.51. The Morgan fingerprint density at radius 2 is 1.83 bits per heavy atom. The van der Waals surface area contributed by atoms with E-state index in [9.17, 15) is 14.4 Å². The molecule has 0 bridgehead atoms. The van der Waals surface area contributed by atoms with Gasteiger partial charge in [-0.25, -0.2) is 0 Å². The molecule has 94 valence electrons. The zero-order chi connectivity index (χ0) is 13.1. The van der Waals surface area contributed by atoms with Crippen LogP contribution < -0.4 is 16.0 Å². The van der Waals surface area contributed by atoms with Crippen LogP contribution in [-0.4, -0.2) is 37.2 Å². The highest BCUT2D eigenvalue weighted by atomic mass is 16.2. The van der Waals surface area contributed by atoms with Crippen molar-refractivity contribution in [1.82, 2.24) is 5.32 Å². The summed E-state index contributed by atoms with van der Waals surface area (Å²) >= 11 is 0. The van der Waals surface area contributed by atoms with Crippen LogP contribution in [-0.2, 0) is 9.59 Å². The van der Waals surface area contributed by atoms with Crippen molar-refractivity contribution in [2.75, 3.05) is 24.5 Å². The molecule has 0 saturated carbocycles. The Labute approximate surface area is 104 Å². The topological polar surface area (TPSA) is 92.5 Å². The molecule has 1 fully saturated rings. The summed E-state index contributed by atoms with van der Waals surface area (Å²) in [5.74, 6) is -0.966. The Kier molecular flexibility index (Phi) is 3.38. The maximum absolute atomic E-state index is 11.7. The number of nitrogens with one attached hydrogen (secondary N) is 1. The molecule has 0 aromatic heterocycles. The molecule has 2 rings (SSSR count). The van der Waals surface area contributed by atoms with Gasteiger partial charge in [-0.05, 0) is 12.1 Å². The van der Waals surface area contributed by atoms with E-state index in [1.807, 2.05) is 0 Å². The third-order valence-electron chi connectivity index (χ3n) is 2.68. The Bertz CT molecular complexity index is 497. The average Bonchev–Trinajstić information content (AvgIpc) is 2.36. The van der Waals surface area contributed by atoms with Crippen molar-refractivity contribution in [3.8, 4) is 0 Å². The Morgan fingerprint density at radius 1 is 1.22 bits per heavy atom. The van der Waals surface area contributed by atoms with E-state index in [1.54, 1.807) is 29.2 Å². The van der Waals surface area contributed by atoms with E-state index in [0.29, 0.717) is 11.3 Å². The first kappa shape index (κ1) is 12.3. The smallest absolute Gasteiger partial charge is 0.246 e. The lowest BCUT2D eigenvalue weighted by Crippen LogP contribution is -2.51. The second-order valence-electron chi connectivity index (χ2n) is 3.97. The number of hydrogen-bond donors (Lipinski definition) is 2. The predicted molar refractivity (Wildman–Crippen MR) is 65.2 cm³/mol. The summed E-state index contributed by atoms with van der Waals surface area (Å²) in [6.07, 6.45) is 0. The minimum atomic E-state index is -0.374. The van der Waals surface area contributed by atoms with Gasteiger partial charge < -0.3 is 10.6 Å². The average molecular weight is 247 g/mol. The fourth-order valence-electron chi connectivity index (χ4n) is 1.90. The van der Waals surface area contributed by atoms with Gasteiger partial charge in [-0.1, -0.05) is 12.1 Å². The fourth-order valence-corrected chi connectivity index (χ4v) is 1.90. The van der Waals surface area contributed by atoms with Crippen LogP contribution in [0.25, 0.3) is 0 Å². The summed E-state index contributed by atoms with van der Waals surface area (Å²) < 4.78 is 0. The number of para-hydroxylation sites is 1. The van der Waals surface area contributed by atoms with Crippen LogP contribution in [0.1, 0.15) is 10.4 Å². The number of rotatable bonds is 3. The quantitative estimate of drug-likeness (QED) is 0.544. The zero-order valence-corrected chi connectivity index (χ0v) is 9.68. The van der Waals surface area contributed by atoms with Gasteiger partial charge in [-0.3, -0.25) is 19.7 Å². The number of carbonyl (C=O) groups is 3. The SMILES string of the molecule is NCC(=O)c1ccccc1N1CC(=O)NC(=O)C1. The molecular formula is C12H13N3O3. The van der Waals surface area contributed by atoms with Crippen LogP contribution in [0.3, 0.4) is 0 Å².